The Hall–Kier alpha value is -1.03. The zero-order chi connectivity index (χ0) is 13.3. The second-order valence-electron chi connectivity index (χ2n) is 6.09. The first-order valence-corrected chi connectivity index (χ1v) is 6.97. The van der Waals surface area contributed by atoms with Gasteiger partial charge in [0.2, 0.25) is 0 Å². The molecule has 1 aromatic rings. The topological polar surface area (TPSA) is 33.1 Å². The largest absolute Gasteiger partial charge is 0.363 e. The Labute approximate surface area is 110 Å². The van der Waals surface area contributed by atoms with Crippen LogP contribution in [-0.4, -0.2) is 35.0 Å². The van der Waals surface area contributed by atoms with E-state index in [2.05, 4.69) is 49.2 Å². The fourth-order valence-electron chi connectivity index (χ4n) is 2.69. The first-order chi connectivity index (χ1) is 8.49. The highest BCUT2D eigenvalue weighted by Crippen LogP contribution is 2.24. The van der Waals surface area contributed by atoms with Gasteiger partial charge in [-0.05, 0) is 11.8 Å². The quantitative estimate of drug-likeness (QED) is 0.889. The van der Waals surface area contributed by atoms with Gasteiger partial charge in [0, 0.05) is 38.4 Å². The predicted molar refractivity (Wildman–Crippen MR) is 75.8 cm³/mol. The number of nitrogens with zero attached hydrogens (tertiary/aromatic N) is 3. The maximum Gasteiger partial charge on any atom is 0.0755 e. The highest BCUT2D eigenvalue weighted by molar-refractivity contribution is 5.45. The molecule has 0 amide bonds. The van der Waals surface area contributed by atoms with Gasteiger partial charge in [-0.2, -0.15) is 5.10 Å². The summed E-state index contributed by atoms with van der Waals surface area (Å²) in [5, 5.41) is 8.00. The number of piperazine rings is 1. The summed E-state index contributed by atoms with van der Waals surface area (Å²) in [4.78, 5) is 2.53. The van der Waals surface area contributed by atoms with Gasteiger partial charge in [-0.3, -0.25) is 4.68 Å². The van der Waals surface area contributed by atoms with Crippen LogP contribution in [0.15, 0.2) is 12.4 Å². The molecule has 1 saturated heterocycles. The molecular formula is C14H26N4. The molecule has 0 aromatic carbocycles. The number of hydrogen-bond acceptors (Lipinski definition) is 3. The lowest BCUT2D eigenvalue weighted by molar-refractivity contribution is 0.295. The van der Waals surface area contributed by atoms with Gasteiger partial charge in [-0.1, -0.05) is 27.7 Å². The monoisotopic (exact) mass is 250 g/mol. The lowest BCUT2D eigenvalue weighted by Gasteiger charge is -2.44. The van der Waals surface area contributed by atoms with E-state index in [0.717, 1.165) is 13.1 Å². The lowest BCUT2D eigenvalue weighted by atomic mass is 9.94. The Kier molecular flexibility index (Phi) is 3.95. The van der Waals surface area contributed by atoms with E-state index in [-0.39, 0.29) is 0 Å². The summed E-state index contributed by atoms with van der Waals surface area (Å²) in [5.41, 5.74) is 1.25. The molecule has 2 unspecified atom stereocenters. The molecule has 4 nitrogen and oxygen atoms in total. The van der Waals surface area contributed by atoms with E-state index in [1.54, 1.807) is 0 Å². The van der Waals surface area contributed by atoms with Crippen molar-refractivity contribution in [3.63, 3.8) is 0 Å². The molecule has 0 bridgehead atoms. The first kappa shape index (κ1) is 13.4. The van der Waals surface area contributed by atoms with Crippen LogP contribution in [0.25, 0.3) is 0 Å². The highest BCUT2D eigenvalue weighted by atomic mass is 15.3. The molecule has 18 heavy (non-hydrogen) atoms. The van der Waals surface area contributed by atoms with Crippen molar-refractivity contribution in [1.29, 1.82) is 0 Å². The zero-order valence-electron chi connectivity index (χ0n) is 12.2. The molecular weight excluding hydrogens is 224 g/mol. The van der Waals surface area contributed by atoms with Crippen LogP contribution in [0.4, 0.5) is 5.69 Å². The second kappa shape index (κ2) is 5.31. The summed E-state index contributed by atoms with van der Waals surface area (Å²) < 4.78 is 1.89. The average Bonchev–Trinajstić information content (AvgIpc) is 2.74. The van der Waals surface area contributed by atoms with Crippen molar-refractivity contribution in [3.05, 3.63) is 12.4 Å². The van der Waals surface area contributed by atoms with E-state index in [1.807, 2.05) is 17.9 Å². The van der Waals surface area contributed by atoms with Crippen LogP contribution < -0.4 is 10.2 Å². The Morgan fingerprint density at radius 1 is 1.28 bits per heavy atom. The molecule has 1 aromatic heterocycles. The molecule has 1 aliphatic rings. The molecule has 0 radical (unpaired) electrons. The maximum absolute atomic E-state index is 4.31. The summed E-state index contributed by atoms with van der Waals surface area (Å²) in [6.45, 7) is 11.3. The lowest BCUT2D eigenvalue weighted by Crippen LogP contribution is -2.59. The number of aryl methyl sites for hydroxylation is 1. The smallest absolute Gasteiger partial charge is 0.0755 e. The maximum atomic E-state index is 4.31. The third-order valence-electron chi connectivity index (χ3n) is 3.98. The summed E-state index contributed by atoms with van der Waals surface area (Å²) in [5.74, 6) is 1.31. The van der Waals surface area contributed by atoms with Crippen LogP contribution in [0.2, 0.25) is 0 Å². The Morgan fingerprint density at radius 3 is 2.50 bits per heavy atom. The van der Waals surface area contributed by atoms with Crippen LogP contribution >= 0.6 is 0 Å². The predicted octanol–water partition coefficient (Wildman–Crippen LogP) is 1.88. The number of nitrogens with one attached hydrogen (secondary N) is 1. The summed E-state index contributed by atoms with van der Waals surface area (Å²) in [6.07, 6.45) is 4.11. The normalized spacial score (nSPS) is 25.2. The summed E-state index contributed by atoms with van der Waals surface area (Å²) in [6, 6.07) is 1.13. The van der Waals surface area contributed by atoms with Gasteiger partial charge < -0.3 is 10.2 Å². The fraction of sp³-hybridized carbons (Fsp3) is 0.786. The van der Waals surface area contributed by atoms with E-state index in [1.165, 1.54) is 5.69 Å². The highest BCUT2D eigenvalue weighted by Gasteiger charge is 2.31. The molecule has 4 heteroatoms. The number of aromatic nitrogens is 2. The van der Waals surface area contributed by atoms with Gasteiger partial charge in [-0.15, -0.1) is 0 Å². The standard InChI is InChI=1S/C14H26N4/c1-10(2)13-9-18(12-6-16-17(5)8-12)14(7-15-13)11(3)4/h6,8,10-11,13-15H,7,9H2,1-5H3. The molecule has 0 spiro atoms. The van der Waals surface area contributed by atoms with E-state index < -0.39 is 0 Å². The van der Waals surface area contributed by atoms with Crippen molar-refractivity contribution in [2.24, 2.45) is 18.9 Å². The average molecular weight is 250 g/mol. The first-order valence-electron chi connectivity index (χ1n) is 6.97. The van der Waals surface area contributed by atoms with Crippen LogP contribution in [0.5, 0.6) is 0 Å². The Bertz CT molecular complexity index is 383. The minimum atomic E-state index is 0.559. The van der Waals surface area contributed by atoms with Gasteiger partial charge in [0.1, 0.15) is 0 Å². The molecule has 2 heterocycles. The van der Waals surface area contributed by atoms with Crippen LogP contribution in [0.1, 0.15) is 27.7 Å². The van der Waals surface area contributed by atoms with Crippen molar-refractivity contribution in [1.82, 2.24) is 15.1 Å². The van der Waals surface area contributed by atoms with E-state index in [9.17, 15) is 0 Å². The number of hydrogen-bond donors (Lipinski definition) is 1. The van der Waals surface area contributed by atoms with Crippen LogP contribution in [0.3, 0.4) is 0 Å². The van der Waals surface area contributed by atoms with Crippen molar-refractivity contribution in [2.45, 2.75) is 39.8 Å². The molecule has 102 valence electrons. The molecule has 2 atom stereocenters. The van der Waals surface area contributed by atoms with Gasteiger partial charge >= 0.3 is 0 Å². The van der Waals surface area contributed by atoms with Crippen molar-refractivity contribution in [2.75, 3.05) is 18.0 Å². The minimum Gasteiger partial charge on any atom is -0.363 e. The third kappa shape index (κ3) is 2.69. The van der Waals surface area contributed by atoms with Crippen molar-refractivity contribution in [3.8, 4) is 0 Å². The Morgan fingerprint density at radius 2 is 2.00 bits per heavy atom. The minimum absolute atomic E-state index is 0.559. The van der Waals surface area contributed by atoms with E-state index in [0.29, 0.717) is 23.9 Å². The molecule has 1 aliphatic heterocycles. The third-order valence-corrected chi connectivity index (χ3v) is 3.98. The number of rotatable bonds is 3. The molecule has 0 saturated carbocycles. The van der Waals surface area contributed by atoms with Crippen LogP contribution in [0, 0.1) is 11.8 Å². The fourth-order valence-corrected chi connectivity index (χ4v) is 2.69. The van der Waals surface area contributed by atoms with Crippen molar-refractivity contribution >= 4 is 5.69 Å². The molecule has 0 aliphatic carbocycles. The van der Waals surface area contributed by atoms with Gasteiger partial charge in [0.25, 0.3) is 0 Å². The summed E-state index contributed by atoms with van der Waals surface area (Å²) >= 11 is 0. The Balaban J connectivity index is 2.19. The molecule has 1 N–H and O–H groups in total. The SMILES string of the molecule is CC(C)C1CN(c2cnn(C)c2)C(C(C)C)CN1. The zero-order valence-corrected chi connectivity index (χ0v) is 12.2. The molecule has 2 rings (SSSR count). The second-order valence-corrected chi connectivity index (χ2v) is 6.09. The van der Waals surface area contributed by atoms with Gasteiger partial charge in [0.15, 0.2) is 0 Å². The molecule has 1 fully saturated rings. The van der Waals surface area contributed by atoms with Crippen molar-refractivity contribution < 1.29 is 0 Å². The van der Waals surface area contributed by atoms with Gasteiger partial charge in [0.05, 0.1) is 11.9 Å². The summed E-state index contributed by atoms with van der Waals surface area (Å²) in [7, 11) is 1.98. The van der Waals surface area contributed by atoms with Crippen LogP contribution in [-0.2, 0) is 7.05 Å². The van der Waals surface area contributed by atoms with E-state index in [4.69, 9.17) is 0 Å². The number of anilines is 1. The van der Waals surface area contributed by atoms with Gasteiger partial charge in [-0.25, -0.2) is 0 Å². The van der Waals surface area contributed by atoms with E-state index >= 15 is 0 Å².